The average molecular weight is 244 g/mol. The zero-order valence-electron chi connectivity index (χ0n) is 6.96. The molecular weight excluding hydrogens is 234 g/mol. The molecule has 0 amide bonds. The lowest BCUT2D eigenvalue weighted by atomic mass is 10.1. The van der Waals surface area contributed by atoms with Crippen LogP contribution in [0.1, 0.15) is 16.8 Å². The summed E-state index contributed by atoms with van der Waals surface area (Å²) in [4.78, 5) is 11.4. The fraction of sp³-hybridized carbons (Fsp3) is 0.222. The van der Waals surface area contributed by atoms with E-state index in [1.54, 1.807) is 6.07 Å². The molecule has 0 saturated heterocycles. The number of phenolic OH excluding ortho intramolecular Hbond substituents is 1. The van der Waals surface area contributed by atoms with Crippen LogP contribution in [0.25, 0.3) is 0 Å². The summed E-state index contributed by atoms with van der Waals surface area (Å²) in [6.45, 7) is 0.320. The zero-order chi connectivity index (χ0) is 9.84. The fourth-order valence-electron chi connectivity index (χ4n) is 0.993. The van der Waals surface area contributed by atoms with Crippen molar-refractivity contribution >= 4 is 21.7 Å². The minimum atomic E-state index is -0.0646. The third-order valence-electron chi connectivity index (χ3n) is 1.62. The Morgan fingerprint density at radius 2 is 2.23 bits per heavy atom. The van der Waals surface area contributed by atoms with Crippen molar-refractivity contribution in [1.82, 2.24) is 0 Å². The van der Waals surface area contributed by atoms with Gasteiger partial charge in [0.2, 0.25) is 0 Å². The molecule has 1 aromatic carbocycles. The SMILES string of the molecule is NCCC(=O)c1cc(O)ccc1Br. The summed E-state index contributed by atoms with van der Waals surface area (Å²) in [7, 11) is 0. The zero-order valence-corrected chi connectivity index (χ0v) is 8.54. The lowest BCUT2D eigenvalue weighted by Gasteiger charge is -2.02. The van der Waals surface area contributed by atoms with Crippen LogP contribution < -0.4 is 5.73 Å². The summed E-state index contributed by atoms with van der Waals surface area (Å²) >= 11 is 3.23. The van der Waals surface area contributed by atoms with E-state index in [9.17, 15) is 4.79 Å². The average Bonchev–Trinajstić information content (AvgIpc) is 2.09. The van der Waals surface area contributed by atoms with Crippen LogP contribution in [0, 0.1) is 0 Å². The summed E-state index contributed by atoms with van der Waals surface area (Å²) < 4.78 is 0.684. The van der Waals surface area contributed by atoms with Crippen LogP contribution in [-0.2, 0) is 0 Å². The summed E-state index contributed by atoms with van der Waals surface area (Å²) in [5.74, 6) is 0.0221. The Balaban J connectivity index is 2.99. The van der Waals surface area contributed by atoms with E-state index in [0.29, 0.717) is 23.0 Å². The highest BCUT2D eigenvalue weighted by molar-refractivity contribution is 9.10. The van der Waals surface area contributed by atoms with Crippen molar-refractivity contribution < 1.29 is 9.90 Å². The Morgan fingerprint density at radius 1 is 1.54 bits per heavy atom. The second kappa shape index (κ2) is 4.39. The number of carbonyl (C=O) groups excluding carboxylic acids is 1. The van der Waals surface area contributed by atoms with E-state index in [2.05, 4.69) is 15.9 Å². The van der Waals surface area contributed by atoms with Crippen molar-refractivity contribution in [1.29, 1.82) is 0 Å². The molecule has 13 heavy (non-hydrogen) atoms. The van der Waals surface area contributed by atoms with Gasteiger partial charge in [0.1, 0.15) is 5.75 Å². The normalized spacial score (nSPS) is 10.0. The standard InChI is InChI=1S/C9H10BrNO2/c10-8-2-1-6(12)5-7(8)9(13)3-4-11/h1-2,5,12H,3-4,11H2. The van der Waals surface area contributed by atoms with E-state index in [-0.39, 0.29) is 11.5 Å². The second-order valence-electron chi connectivity index (χ2n) is 2.63. The Kier molecular flexibility index (Phi) is 3.45. The molecule has 0 aliphatic rings. The van der Waals surface area contributed by atoms with Gasteiger partial charge in [0.15, 0.2) is 5.78 Å². The largest absolute Gasteiger partial charge is 0.508 e. The van der Waals surface area contributed by atoms with E-state index < -0.39 is 0 Å². The third kappa shape index (κ3) is 2.54. The first-order chi connectivity index (χ1) is 6.15. The van der Waals surface area contributed by atoms with Crippen molar-refractivity contribution in [3.63, 3.8) is 0 Å². The minimum absolute atomic E-state index is 0.0646. The molecule has 0 aromatic heterocycles. The number of aromatic hydroxyl groups is 1. The molecule has 3 nitrogen and oxygen atoms in total. The maximum Gasteiger partial charge on any atom is 0.165 e. The molecule has 1 aromatic rings. The van der Waals surface area contributed by atoms with Gasteiger partial charge < -0.3 is 10.8 Å². The quantitative estimate of drug-likeness (QED) is 0.795. The number of carbonyl (C=O) groups is 1. The minimum Gasteiger partial charge on any atom is -0.508 e. The number of phenols is 1. The smallest absolute Gasteiger partial charge is 0.165 e. The Bertz CT molecular complexity index is 325. The maximum atomic E-state index is 11.4. The van der Waals surface area contributed by atoms with E-state index in [1.807, 2.05) is 0 Å². The number of rotatable bonds is 3. The Hall–Kier alpha value is -0.870. The van der Waals surface area contributed by atoms with Gasteiger partial charge >= 0.3 is 0 Å². The van der Waals surface area contributed by atoms with Gasteiger partial charge in [0.05, 0.1) is 0 Å². The summed E-state index contributed by atoms with van der Waals surface area (Å²) in [5.41, 5.74) is 5.73. The molecule has 0 saturated carbocycles. The second-order valence-corrected chi connectivity index (χ2v) is 3.48. The fourth-order valence-corrected chi connectivity index (χ4v) is 1.46. The molecule has 3 N–H and O–H groups in total. The molecule has 0 aliphatic carbocycles. The molecule has 0 aliphatic heterocycles. The van der Waals surface area contributed by atoms with Crippen LogP contribution >= 0.6 is 15.9 Å². The van der Waals surface area contributed by atoms with Crippen molar-refractivity contribution in [2.24, 2.45) is 5.73 Å². The molecule has 0 unspecified atom stereocenters. The topological polar surface area (TPSA) is 63.3 Å². The van der Waals surface area contributed by atoms with Crippen LogP contribution in [0.2, 0.25) is 0 Å². The predicted molar refractivity (Wildman–Crippen MR) is 53.8 cm³/mol. The molecule has 0 radical (unpaired) electrons. The van der Waals surface area contributed by atoms with Gasteiger partial charge in [-0.15, -0.1) is 0 Å². The summed E-state index contributed by atoms with van der Waals surface area (Å²) in [5, 5.41) is 9.15. The Labute approximate surface area is 84.7 Å². The van der Waals surface area contributed by atoms with Crippen molar-refractivity contribution in [2.75, 3.05) is 6.54 Å². The number of benzene rings is 1. The van der Waals surface area contributed by atoms with Gasteiger partial charge in [-0.05, 0) is 24.7 Å². The molecule has 4 heteroatoms. The van der Waals surface area contributed by atoms with Crippen LogP contribution in [0.15, 0.2) is 22.7 Å². The lowest BCUT2D eigenvalue weighted by Crippen LogP contribution is -2.08. The lowest BCUT2D eigenvalue weighted by molar-refractivity contribution is 0.0984. The monoisotopic (exact) mass is 243 g/mol. The van der Waals surface area contributed by atoms with E-state index in [1.165, 1.54) is 12.1 Å². The molecule has 0 bridgehead atoms. The van der Waals surface area contributed by atoms with Crippen LogP contribution in [0.5, 0.6) is 5.75 Å². The summed E-state index contributed by atoms with van der Waals surface area (Å²) in [6, 6.07) is 4.59. The number of nitrogens with two attached hydrogens (primary N) is 1. The first-order valence-corrected chi connectivity index (χ1v) is 4.66. The molecule has 0 fully saturated rings. The first kappa shape index (κ1) is 10.2. The van der Waals surface area contributed by atoms with Gasteiger partial charge in [-0.2, -0.15) is 0 Å². The number of halogens is 1. The van der Waals surface area contributed by atoms with Crippen molar-refractivity contribution in [3.05, 3.63) is 28.2 Å². The van der Waals surface area contributed by atoms with Crippen LogP contribution in [0.4, 0.5) is 0 Å². The van der Waals surface area contributed by atoms with Gasteiger partial charge in [0, 0.05) is 16.5 Å². The highest BCUT2D eigenvalue weighted by Crippen LogP contribution is 2.22. The highest BCUT2D eigenvalue weighted by Gasteiger charge is 2.09. The number of hydrogen-bond donors (Lipinski definition) is 2. The molecule has 1 rings (SSSR count). The molecular formula is C9H10BrNO2. The number of Topliss-reactive ketones (excluding diaryl/α,β-unsaturated/α-hetero) is 1. The van der Waals surface area contributed by atoms with E-state index in [4.69, 9.17) is 10.8 Å². The van der Waals surface area contributed by atoms with Crippen LogP contribution in [-0.4, -0.2) is 17.4 Å². The Morgan fingerprint density at radius 3 is 2.85 bits per heavy atom. The molecule has 0 spiro atoms. The van der Waals surface area contributed by atoms with Gasteiger partial charge in [-0.1, -0.05) is 15.9 Å². The van der Waals surface area contributed by atoms with Crippen molar-refractivity contribution in [3.8, 4) is 5.75 Å². The summed E-state index contributed by atoms with van der Waals surface area (Å²) in [6.07, 6.45) is 0.294. The van der Waals surface area contributed by atoms with Crippen LogP contribution in [0.3, 0.4) is 0 Å². The maximum absolute atomic E-state index is 11.4. The number of hydrogen-bond acceptors (Lipinski definition) is 3. The van der Waals surface area contributed by atoms with E-state index in [0.717, 1.165) is 0 Å². The van der Waals surface area contributed by atoms with Gasteiger partial charge in [-0.25, -0.2) is 0 Å². The highest BCUT2D eigenvalue weighted by atomic mass is 79.9. The van der Waals surface area contributed by atoms with Crippen molar-refractivity contribution in [2.45, 2.75) is 6.42 Å². The molecule has 0 atom stereocenters. The van der Waals surface area contributed by atoms with Gasteiger partial charge in [-0.3, -0.25) is 4.79 Å². The molecule has 0 heterocycles. The first-order valence-electron chi connectivity index (χ1n) is 3.87. The van der Waals surface area contributed by atoms with E-state index >= 15 is 0 Å². The number of ketones is 1. The predicted octanol–water partition coefficient (Wildman–Crippen LogP) is 1.69. The van der Waals surface area contributed by atoms with Gasteiger partial charge in [0.25, 0.3) is 0 Å². The third-order valence-corrected chi connectivity index (χ3v) is 2.31. The molecule has 70 valence electrons.